The molecule has 1 aliphatic heterocycles. The van der Waals surface area contributed by atoms with E-state index < -0.39 is 0 Å². The number of aliphatic hydroxyl groups is 1. The number of nitrogens with zero attached hydrogens (tertiary/aromatic N) is 2. The standard InChI is InChI=1S/C7H12N2O/c1-8-3-5-9-4-2-7(10)6-9/h7,10H,2-6H2/t7-/m1/s1. The molecule has 1 fully saturated rings. The minimum Gasteiger partial charge on any atom is -0.392 e. The van der Waals surface area contributed by atoms with Crippen LogP contribution in [0.1, 0.15) is 6.42 Å². The number of hydrogen-bond donors (Lipinski definition) is 1. The Hall–Kier alpha value is -0.590. The minimum absolute atomic E-state index is 0.147. The van der Waals surface area contributed by atoms with Crippen molar-refractivity contribution < 1.29 is 5.11 Å². The summed E-state index contributed by atoms with van der Waals surface area (Å²) in [5.41, 5.74) is 0. The molecule has 1 aliphatic rings. The van der Waals surface area contributed by atoms with Gasteiger partial charge in [0.1, 0.15) is 0 Å². The number of hydrogen-bond acceptors (Lipinski definition) is 2. The van der Waals surface area contributed by atoms with E-state index in [0.717, 1.165) is 26.1 Å². The number of β-amino-alcohol motifs (C(OH)–C–C–N with tert-alkyl or cyclic N) is 1. The summed E-state index contributed by atoms with van der Waals surface area (Å²) in [5.74, 6) is 0. The summed E-state index contributed by atoms with van der Waals surface area (Å²) < 4.78 is 0. The lowest BCUT2D eigenvalue weighted by Gasteiger charge is -2.09. The van der Waals surface area contributed by atoms with Crippen molar-refractivity contribution in [3.63, 3.8) is 0 Å². The molecule has 1 rings (SSSR count). The van der Waals surface area contributed by atoms with Crippen LogP contribution in [0.15, 0.2) is 0 Å². The normalized spacial score (nSPS) is 26.6. The van der Waals surface area contributed by atoms with Crippen LogP contribution in [0.5, 0.6) is 0 Å². The number of aliphatic hydroxyl groups excluding tert-OH is 1. The zero-order valence-electron chi connectivity index (χ0n) is 5.95. The van der Waals surface area contributed by atoms with Gasteiger partial charge < -0.3 is 9.95 Å². The maximum Gasteiger partial charge on any atom is 0.227 e. The number of rotatable bonds is 2. The molecule has 0 amide bonds. The Labute approximate surface area is 61.1 Å². The molecule has 3 nitrogen and oxygen atoms in total. The molecule has 3 heteroatoms. The molecule has 0 bridgehead atoms. The molecule has 0 saturated carbocycles. The minimum atomic E-state index is -0.147. The first-order valence-electron chi connectivity index (χ1n) is 3.56. The van der Waals surface area contributed by atoms with E-state index >= 15 is 0 Å². The first-order chi connectivity index (χ1) is 4.83. The highest BCUT2D eigenvalue weighted by Gasteiger charge is 2.19. The lowest BCUT2D eigenvalue weighted by Crippen LogP contribution is -2.24. The molecular formula is C7H12N2O. The van der Waals surface area contributed by atoms with Gasteiger partial charge in [0.2, 0.25) is 6.54 Å². The zero-order valence-corrected chi connectivity index (χ0v) is 5.95. The topological polar surface area (TPSA) is 27.8 Å². The lowest BCUT2D eigenvalue weighted by molar-refractivity contribution is 0.178. The van der Waals surface area contributed by atoms with Crippen molar-refractivity contribution in [1.82, 2.24) is 4.90 Å². The fourth-order valence-electron chi connectivity index (χ4n) is 1.21. The van der Waals surface area contributed by atoms with Crippen LogP contribution in [0.25, 0.3) is 4.85 Å². The van der Waals surface area contributed by atoms with Crippen LogP contribution >= 0.6 is 0 Å². The van der Waals surface area contributed by atoms with Gasteiger partial charge in [-0.1, -0.05) is 0 Å². The van der Waals surface area contributed by atoms with E-state index in [1.807, 2.05) is 0 Å². The van der Waals surface area contributed by atoms with Crippen LogP contribution in [-0.2, 0) is 0 Å². The van der Waals surface area contributed by atoms with Crippen molar-refractivity contribution in [3.05, 3.63) is 11.4 Å². The average molecular weight is 140 g/mol. The summed E-state index contributed by atoms with van der Waals surface area (Å²) in [4.78, 5) is 5.38. The number of likely N-dealkylation sites (tertiary alicyclic amines) is 1. The Morgan fingerprint density at radius 1 is 1.70 bits per heavy atom. The Balaban J connectivity index is 2.14. The highest BCUT2D eigenvalue weighted by atomic mass is 16.3. The smallest absolute Gasteiger partial charge is 0.227 e. The van der Waals surface area contributed by atoms with Crippen molar-refractivity contribution >= 4 is 0 Å². The SMILES string of the molecule is [C-]#[N+]CCN1CC[C@@H](O)C1. The lowest BCUT2D eigenvalue weighted by atomic mass is 10.3. The molecular weight excluding hydrogens is 128 g/mol. The van der Waals surface area contributed by atoms with Gasteiger partial charge in [-0.15, -0.1) is 0 Å². The van der Waals surface area contributed by atoms with Gasteiger partial charge in [0, 0.05) is 13.1 Å². The molecule has 0 aromatic heterocycles. The Morgan fingerprint density at radius 3 is 3.00 bits per heavy atom. The van der Waals surface area contributed by atoms with Crippen molar-refractivity contribution in [2.75, 3.05) is 26.2 Å². The summed E-state index contributed by atoms with van der Waals surface area (Å²) in [6, 6.07) is 0. The Morgan fingerprint density at radius 2 is 2.50 bits per heavy atom. The van der Waals surface area contributed by atoms with E-state index in [9.17, 15) is 0 Å². The highest BCUT2D eigenvalue weighted by molar-refractivity contribution is 4.76. The van der Waals surface area contributed by atoms with Crippen LogP contribution in [0, 0.1) is 6.57 Å². The largest absolute Gasteiger partial charge is 0.392 e. The fourth-order valence-corrected chi connectivity index (χ4v) is 1.21. The first-order valence-corrected chi connectivity index (χ1v) is 3.56. The predicted octanol–water partition coefficient (Wildman–Crippen LogP) is -0.0277. The molecule has 10 heavy (non-hydrogen) atoms. The second kappa shape index (κ2) is 3.55. The molecule has 1 N–H and O–H groups in total. The van der Waals surface area contributed by atoms with E-state index in [-0.39, 0.29) is 6.10 Å². The fraction of sp³-hybridized carbons (Fsp3) is 0.857. The van der Waals surface area contributed by atoms with Crippen molar-refractivity contribution in [2.45, 2.75) is 12.5 Å². The van der Waals surface area contributed by atoms with E-state index in [1.165, 1.54) is 0 Å². The molecule has 0 spiro atoms. The van der Waals surface area contributed by atoms with Crippen molar-refractivity contribution in [2.24, 2.45) is 0 Å². The maximum atomic E-state index is 9.08. The van der Waals surface area contributed by atoms with Gasteiger partial charge in [0.05, 0.1) is 12.6 Å². The van der Waals surface area contributed by atoms with E-state index in [1.54, 1.807) is 0 Å². The quantitative estimate of drug-likeness (QED) is 0.545. The van der Waals surface area contributed by atoms with Crippen LogP contribution < -0.4 is 0 Å². The van der Waals surface area contributed by atoms with E-state index in [0.29, 0.717) is 6.54 Å². The average Bonchev–Trinajstić information content (AvgIpc) is 2.31. The van der Waals surface area contributed by atoms with Crippen LogP contribution in [0.2, 0.25) is 0 Å². The molecule has 1 saturated heterocycles. The summed E-state index contributed by atoms with van der Waals surface area (Å²) in [6.45, 7) is 9.65. The Bertz CT molecular complexity index is 141. The molecule has 0 unspecified atom stereocenters. The molecule has 56 valence electrons. The van der Waals surface area contributed by atoms with Crippen LogP contribution in [0.3, 0.4) is 0 Å². The molecule has 1 heterocycles. The third-order valence-corrected chi connectivity index (χ3v) is 1.78. The van der Waals surface area contributed by atoms with E-state index in [2.05, 4.69) is 9.74 Å². The third kappa shape index (κ3) is 1.98. The molecule has 1 atom stereocenters. The highest BCUT2D eigenvalue weighted by Crippen LogP contribution is 2.07. The molecule has 0 aromatic rings. The van der Waals surface area contributed by atoms with Gasteiger partial charge in [-0.2, -0.15) is 0 Å². The Kier molecular flexibility index (Phi) is 2.67. The monoisotopic (exact) mass is 140 g/mol. The molecule has 0 radical (unpaired) electrons. The molecule has 0 aliphatic carbocycles. The van der Waals surface area contributed by atoms with E-state index in [4.69, 9.17) is 11.7 Å². The maximum absolute atomic E-state index is 9.08. The van der Waals surface area contributed by atoms with Crippen LogP contribution in [0.4, 0.5) is 0 Å². The van der Waals surface area contributed by atoms with Crippen molar-refractivity contribution in [3.8, 4) is 0 Å². The summed E-state index contributed by atoms with van der Waals surface area (Å²) in [5, 5.41) is 9.08. The van der Waals surface area contributed by atoms with Crippen LogP contribution in [-0.4, -0.2) is 42.3 Å². The van der Waals surface area contributed by atoms with Gasteiger partial charge in [-0.25, -0.2) is 6.57 Å². The van der Waals surface area contributed by atoms with Gasteiger partial charge >= 0.3 is 0 Å². The summed E-state index contributed by atoms with van der Waals surface area (Å²) in [6.07, 6.45) is 0.726. The molecule has 0 aromatic carbocycles. The zero-order chi connectivity index (χ0) is 7.40. The second-order valence-electron chi connectivity index (χ2n) is 2.62. The second-order valence-corrected chi connectivity index (χ2v) is 2.62. The van der Waals surface area contributed by atoms with Gasteiger partial charge in [0.25, 0.3) is 0 Å². The first kappa shape index (κ1) is 7.52. The summed E-state index contributed by atoms with van der Waals surface area (Å²) >= 11 is 0. The predicted molar refractivity (Wildman–Crippen MR) is 38.5 cm³/mol. The van der Waals surface area contributed by atoms with Gasteiger partial charge in [-0.3, -0.25) is 4.90 Å². The van der Waals surface area contributed by atoms with Crippen molar-refractivity contribution in [1.29, 1.82) is 0 Å². The van der Waals surface area contributed by atoms with Gasteiger partial charge in [-0.05, 0) is 6.42 Å². The summed E-state index contributed by atoms with van der Waals surface area (Å²) in [7, 11) is 0. The van der Waals surface area contributed by atoms with Gasteiger partial charge in [0.15, 0.2) is 0 Å². The third-order valence-electron chi connectivity index (χ3n) is 1.78.